The van der Waals surface area contributed by atoms with Crippen LogP contribution in [0, 0.1) is 0 Å². The molecule has 27 heavy (non-hydrogen) atoms. The van der Waals surface area contributed by atoms with E-state index in [0.717, 1.165) is 25.1 Å². The predicted molar refractivity (Wildman–Crippen MR) is 105 cm³/mol. The van der Waals surface area contributed by atoms with Crippen LogP contribution >= 0.6 is 0 Å². The second-order valence-electron chi connectivity index (χ2n) is 6.46. The zero-order valence-electron chi connectivity index (χ0n) is 15.5. The molecule has 3 rings (SSSR count). The van der Waals surface area contributed by atoms with Crippen molar-refractivity contribution in [2.24, 2.45) is 0 Å². The van der Waals surface area contributed by atoms with Gasteiger partial charge in [0, 0.05) is 30.9 Å². The molecule has 6 nitrogen and oxygen atoms in total. The molecule has 2 aromatic rings. The van der Waals surface area contributed by atoms with Gasteiger partial charge in [-0.25, -0.2) is 0 Å². The van der Waals surface area contributed by atoms with Gasteiger partial charge in [0.05, 0.1) is 7.11 Å². The average Bonchev–Trinajstić information content (AvgIpc) is 3.21. The highest BCUT2D eigenvalue weighted by Crippen LogP contribution is 2.25. The molecule has 0 unspecified atom stereocenters. The molecule has 0 radical (unpaired) electrons. The highest BCUT2D eigenvalue weighted by molar-refractivity contribution is 5.94. The van der Waals surface area contributed by atoms with E-state index >= 15 is 0 Å². The van der Waals surface area contributed by atoms with Crippen molar-refractivity contribution in [2.45, 2.75) is 18.9 Å². The van der Waals surface area contributed by atoms with Gasteiger partial charge in [-0.05, 0) is 49.2 Å². The minimum absolute atomic E-state index is 0.00931. The molecule has 0 aromatic heterocycles. The monoisotopic (exact) mass is 367 g/mol. The molecule has 0 bridgehead atoms. The summed E-state index contributed by atoms with van der Waals surface area (Å²) in [7, 11) is 1.58. The Bertz CT molecular complexity index is 762. The zero-order valence-corrected chi connectivity index (χ0v) is 15.5. The van der Waals surface area contributed by atoms with E-state index < -0.39 is 0 Å². The van der Waals surface area contributed by atoms with E-state index in [4.69, 9.17) is 4.74 Å². The lowest BCUT2D eigenvalue weighted by atomic mass is 10.2. The Kier molecular flexibility index (Phi) is 6.30. The molecule has 2 N–H and O–H groups in total. The van der Waals surface area contributed by atoms with E-state index in [2.05, 4.69) is 15.5 Å². The average molecular weight is 367 g/mol. The largest absolute Gasteiger partial charge is 0.497 e. The third-order valence-corrected chi connectivity index (χ3v) is 4.71. The fourth-order valence-corrected chi connectivity index (χ4v) is 3.29. The Morgan fingerprint density at radius 1 is 1.04 bits per heavy atom. The Morgan fingerprint density at radius 2 is 1.74 bits per heavy atom. The van der Waals surface area contributed by atoms with Crippen LogP contribution in [0.25, 0.3) is 0 Å². The number of benzene rings is 2. The number of amides is 2. The highest BCUT2D eigenvalue weighted by atomic mass is 16.5. The first-order valence-electron chi connectivity index (χ1n) is 9.20. The number of anilines is 1. The van der Waals surface area contributed by atoms with E-state index in [9.17, 15) is 9.59 Å². The molecular formula is C21H25N3O3. The smallest absolute Gasteiger partial charge is 0.251 e. The van der Waals surface area contributed by atoms with Crippen molar-refractivity contribution >= 4 is 17.5 Å². The van der Waals surface area contributed by atoms with Gasteiger partial charge in [-0.1, -0.05) is 18.2 Å². The number of nitrogens with one attached hydrogen (secondary N) is 2. The van der Waals surface area contributed by atoms with Gasteiger partial charge >= 0.3 is 0 Å². The summed E-state index contributed by atoms with van der Waals surface area (Å²) in [4.78, 5) is 26.8. The molecule has 6 heteroatoms. The molecule has 0 spiro atoms. The summed E-state index contributed by atoms with van der Waals surface area (Å²) in [6.07, 6.45) is 1.85. The quantitative estimate of drug-likeness (QED) is 0.736. The van der Waals surface area contributed by atoms with E-state index in [-0.39, 0.29) is 17.9 Å². The first-order valence-corrected chi connectivity index (χ1v) is 9.20. The maximum Gasteiger partial charge on any atom is 0.251 e. The van der Waals surface area contributed by atoms with Crippen LogP contribution in [0.5, 0.6) is 5.75 Å². The van der Waals surface area contributed by atoms with Crippen molar-refractivity contribution in [2.75, 3.05) is 31.6 Å². The molecule has 2 aromatic carbocycles. The summed E-state index contributed by atoms with van der Waals surface area (Å²) in [6, 6.07) is 16.8. The number of hydrogen-bond acceptors (Lipinski definition) is 4. The normalized spacial score (nSPS) is 16.0. The number of nitrogens with zero attached hydrogens (tertiary/aromatic N) is 1. The van der Waals surface area contributed by atoms with Crippen molar-refractivity contribution in [1.29, 1.82) is 0 Å². The van der Waals surface area contributed by atoms with Crippen LogP contribution in [0.15, 0.2) is 54.6 Å². The number of methoxy groups -OCH3 is 1. The second-order valence-corrected chi connectivity index (χ2v) is 6.46. The Labute approximate surface area is 159 Å². The standard InChI is InChI=1S/C21H25N3O3/c1-27-18-11-9-16(10-12-18)20(25)22-13-14-23-21(26)19-8-5-15-24(19)17-6-3-2-4-7-17/h2-4,6-7,9-12,19H,5,8,13-15H2,1H3,(H,22,25)(H,23,26)/t19-/m0/s1. The third kappa shape index (κ3) is 4.78. The SMILES string of the molecule is COc1ccc(C(=O)NCCNC(=O)[C@@H]2CCCN2c2ccccc2)cc1. The van der Waals surface area contributed by atoms with Crippen molar-refractivity contribution in [3.63, 3.8) is 0 Å². The van der Waals surface area contributed by atoms with E-state index in [1.165, 1.54) is 0 Å². The molecule has 1 atom stereocenters. The van der Waals surface area contributed by atoms with E-state index in [0.29, 0.717) is 24.4 Å². The lowest BCUT2D eigenvalue weighted by Crippen LogP contribution is -2.45. The summed E-state index contributed by atoms with van der Waals surface area (Å²) in [5, 5.41) is 5.75. The summed E-state index contributed by atoms with van der Waals surface area (Å²) >= 11 is 0. The minimum Gasteiger partial charge on any atom is -0.497 e. The highest BCUT2D eigenvalue weighted by Gasteiger charge is 2.30. The van der Waals surface area contributed by atoms with Gasteiger partial charge in [-0.15, -0.1) is 0 Å². The van der Waals surface area contributed by atoms with Gasteiger partial charge in [0.2, 0.25) is 5.91 Å². The number of para-hydroxylation sites is 1. The van der Waals surface area contributed by atoms with Crippen molar-refractivity contribution in [3.8, 4) is 5.75 Å². The second kappa shape index (κ2) is 9.07. The number of ether oxygens (including phenoxy) is 1. The molecule has 2 amide bonds. The van der Waals surface area contributed by atoms with Crippen LogP contribution in [0.2, 0.25) is 0 Å². The first-order chi connectivity index (χ1) is 13.2. The van der Waals surface area contributed by atoms with Gasteiger partial charge in [-0.2, -0.15) is 0 Å². The molecule has 142 valence electrons. The summed E-state index contributed by atoms with van der Waals surface area (Å²) in [5.74, 6) is 0.548. The lowest BCUT2D eigenvalue weighted by molar-refractivity contribution is -0.122. The van der Waals surface area contributed by atoms with Crippen LogP contribution in [0.3, 0.4) is 0 Å². The third-order valence-electron chi connectivity index (χ3n) is 4.71. The Balaban J connectivity index is 1.44. The van der Waals surface area contributed by atoms with Crippen molar-refractivity contribution in [1.82, 2.24) is 10.6 Å². The van der Waals surface area contributed by atoms with E-state index in [1.807, 2.05) is 30.3 Å². The predicted octanol–water partition coefficient (Wildman–Crippen LogP) is 2.21. The van der Waals surface area contributed by atoms with Crippen LogP contribution in [0.4, 0.5) is 5.69 Å². The van der Waals surface area contributed by atoms with Gasteiger partial charge in [0.1, 0.15) is 11.8 Å². The number of hydrogen-bond donors (Lipinski definition) is 2. The molecule has 1 fully saturated rings. The number of carbonyl (C=O) groups excluding carboxylic acids is 2. The molecular weight excluding hydrogens is 342 g/mol. The maximum atomic E-state index is 12.5. The molecule has 1 aliphatic rings. The van der Waals surface area contributed by atoms with Crippen LogP contribution in [-0.2, 0) is 4.79 Å². The maximum absolute atomic E-state index is 12.5. The Morgan fingerprint density at radius 3 is 2.44 bits per heavy atom. The van der Waals surface area contributed by atoms with Crippen LogP contribution in [0.1, 0.15) is 23.2 Å². The van der Waals surface area contributed by atoms with Crippen LogP contribution < -0.4 is 20.3 Å². The summed E-state index contributed by atoms with van der Waals surface area (Å²) < 4.78 is 5.08. The van der Waals surface area contributed by atoms with Gasteiger partial charge in [0.25, 0.3) is 5.91 Å². The summed E-state index contributed by atoms with van der Waals surface area (Å²) in [6.45, 7) is 1.67. The molecule has 1 heterocycles. The van der Waals surface area contributed by atoms with E-state index in [1.54, 1.807) is 31.4 Å². The van der Waals surface area contributed by atoms with Gasteiger partial charge in [-0.3, -0.25) is 9.59 Å². The fourth-order valence-electron chi connectivity index (χ4n) is 3.29. The number of carbonyl (C=O) groups is 2. The molecule has 1 aliphatic heterocycles. The summed E-state index contributed by atoms with van der Waals surface area (Å²) in [5.41, 5.74) is 1.64. The lowest BCUT2D eigenvalue weighted by Gasteiger charge is -2.26. The van der Waals surface area contributed by atoms with Crippen molar-refractivity contribution in [3.05, 3.63) is 60.2 Å². The number of rotatable bonds is 7. The van der Waals surface area contributed by atoms with Crippen molar-refractivity contribution < 1.29 is 14.3 Å². The van der Waals surface area contributed by atoms with Crippen LogP contribution in [-0.4, -0.2) is 44.6 Å². The molecule has 0 saturated carbocycles. The van der Waals surface area contributed by atoms with Gasteiger partial charge in [0.15, 0.2) is 0 Å². The molecule has 1 saturated heterocycles. The first kappa shape index (κ1) is 18.8. The zero-order chi connectivity index (χ0) is 19.1. The fraction of sp³-hybridized carbons (Fsp3) is 0.333. The van der Waals surface area contributed by atoms with Gasteiger partial charge < -0.3 is 20.3 Å². The Hall–Kier alpha value is -3.02. The minimum atomic E-state index is -0.168. The topological polar surface area (TPSA) is 70.7 Å². The molecule has 0 aliphatic carbocycles.